The fourth-order valence-electron chi connectivity index (χ4n) is 2.30. The first-order valence-corrected chi connectivity index (χ1v) is 6.22. The number of carbonyl (C=O) groups excluding carboxylic acids is 1. The Labute approximate surface area is 110 Å². The minimum Gasteiger partial charge on any atom is -0.379 e. The Bertz CT molecular complexity index is 609. The van der Waals surface area contributed by atoms with Gasteiger partial charge >= 0.3 is 0 Å². The fourth-order valence-corrected chi connectivity index (χ4v) is 2.30. The van der Waals surface area contributed by atoms with Crippen LogP contribution in [-0.2, 0) is 9.53 Å². The Morgan fingerprint density at radius 2 is 2.26 bits per heavy atom. The number of anilines is 1. The third-order valence-corrected chi connectivity index (χ3v) is 3.40. The lowest BCUT2D eigenvalue weighted by Gasteiger charge is -2.14. The maximum absolute atomic E-state index is 12.2. The van der Waals surface area contributed by atoms with E-state index in [0.29, 0.717) is 13.2 Å². The molecule has 0 saturated carbocycles. The normalized spacial score (nSPS) is 22.6. The first-order chi connectivity index (χ1) is 9.25. The number of hydrogen-bond acceptors (Lipinski definition) is 4. The average molecular weight is 257 g/mol. The predicted octanol–water partition coefficient (Wildman–Crippen LogP) is 1.15. The van der Waals surface area contributed by atoms with Crippen LogP contribution < -0.4 is 11.1 Å². The van der Waals surface area contributed by atoms with E-state index in [1.165, 1.54) is 0 Å². The van der Waals surface area contributed by atoms with Crippen LogP contribution >= 0.6 is 0 Å². The number of nitrogens with two attached hydrogens (primary N) is 1. The molecule has 2 heterocycles. The van der Waals surface area contributed by atoms with Crippen LogP contribution in [-0.4, -0.2) is 30.1 Å². The number of carbonyl (C=O) groups is 1. The van der Waals surface area contributed by atoms with Crippen LogP contribution in [0.2, 0.25) is 0 Å². The summed E-state index contributed by atoms with van der Waals surface area (Å²) in [5, 5.41) is 4.89. The number of hydrogen-bond donors (Lipinski definition) is 2. The molecular formula is C14H15N3O2. The van der Waals surface area contributed by atoms with E-state index in [2.05, 4.69) is 10.3 Å². The Hall–Kier alpha value is -1.98. The smallest absolute Gasteiger partial charge is 0.231 e. The van der Waals surface area contributed by atoms with Gasteiger partial charge in [-0.15, -0.1) is 0 Å². The second-order valence-electron chi connectivity index (χ2n) is 4.70. The summed E-state index contributed by atoms with van der Waals surface area (Å²) >= 11 is 0. The second-order valence-corrected chi connectivity index (χ2v) is 4.70. The molecule has 1 saturated heterocycles. The molecule has 2 atom stereocenters. The van der Waals surface area contributed by atoms with Gasteiger partial charge in [0.1, 0.15) is 0 Å². The van der Waals surface area contributed by atoms with Crippen molar-refractivity contribution in [3.63, 3.8) is 0 Å². The summed E-state index contributed by atoms with van der Waals surface area (Å²) in [5.74, 6) is -0.369. The standard InChI is InChI=1S/C14H15N3O2/c15-12-8-19-7-11(12)14(18)17-13-3-1-2-9-6-16-5-4-10(9)13/h1-6,11-12H,7-8,15H2,(H,17,18). The van der Waals surface area contributed by atoms with Crippen LogP contribution in [0.3, 0.4) is 0 Å². The quantitative estimate of drug-likeness (QED) is 0.846. The lowest BCUT2D eigenvalue weighted by atomic mass is 10.0. The summed E-state index contributed by atoms with van der Waals surface area (Å²) in [6, 6.07) is 7.39. The van der Waals surface area contributed by atoms with Gasteiger partial charge in [0.05, 0.1) is 19.1 Å². The topological polar surface area (TPSA) is 77.2 Å². The van der Waals surface area contributed by atoms with Gasteiger partial charge in [-0.25, -0.2) is 0 Å². The molecule has 1 fully saturated rings. The molecule has 2 aromatic rings. The minimum absolute atomic E-state index is 0.0886. The van der Waals surface area contributed by atoms with Gasteiger partial charge in [-0.3, -0.25) is 9.78 Å². The van der Waals surface area contributed by atoms with E-state index in [-0.39, 0.29) is 17.9 Å². The fraction of sp³-hybridized carbons (Fsp3) is 0.286. The van der Waals surface area contributed by atoms with Crippen molar-refractivity contribution in [2.24, 2.45) is 11.7 Å². The highest BCUT2D eigenvalue weighted by atomic mass is 16.5. The Morgan fingerprint density at radius 3 is 3.05 bits per heavy atom. The summed E-state index contributed by atoms with van der Waals surface area (Å²) in [6.07, 6.45) is 3.48. The maximum Gasteiger partial charge on any atom is 0.231 e. The molecule has 0 radical (unpaired) electrons. The molecule has 3 N–H and O–H groups in total. The highest BCUT2D eigenvalue weighted by Crippen LogP contribution is 2.23. The third-order valence-electron chi connectivity index (χ3n) is 3.40. The van der Waals surface area contributed by atoms with E-state index in [0.717, 1.165) is 16.5 Å². The molecule has 1 aliphatic heterocycles. The van der Waals surface area contributed by atoms with Crippen LogP contribution in [0.1, 0.15) is 0 Å². The SMILES string of the molecule is NC1COCC1C(=O)Nc1cccc2cnccc12. The Balaban J connectivity index is 1.87. The van der Waals surface area contributed by atoms with Crippen LogP contribution in [0, 0.1) is 5.92 Å². The van der Waals surface area contributed by atoms with Gasteiger partial charge in [0.2, 0.25) is 5.91 Å². The molecular weight excluding hydrogens is 242 g/mol. The van der Waals surface area contributed by atoms with Gasteiger partial charge < -0.3 is 15.8 Å². The number of nitrogens with zero attached hydrogens (tertiary/aromatic N) is 1. The molecule has 0 spiro atoms. The van der Waals surface area contributed by atoms with Crippen molar-refractivity contribution in [3.8, 4) is 0 Å². The summed E-state index contributed by atoms with van der Waals surface area (Å²) in [4.78, 5) is 16.3. The Morgan fingerprint density at radius 1 is 1.37 bits per heavy atom. The van der Waals surface area contributed by atoms with Crippen molar-refractivity contribution in [2.75, 3.05) is 18.5 Å². The Kier molecular flexibility index (Phi) is 3.15. The minimum atomic E-state index is -0.280. The van der Waals surface area contributed by atoms with Gasteiger partial charge in [-0.05, 0) is 12.1 Å². The number of pyridine rings is 1. The van der Waals surface area contributed by atoms with Crippen LogP contribution in [0.5, 0.6) is 0 Å². The molecule has 1 aromatic heterocycles. The van der Waals surface area contributed by atoms with Gasteiger partial charge in [0, 0.05) is 34.9 Å². The van der Waals surface area contributed by atoms with Crippen molar-refractivity contribution in [1.82, 2.24) is 4.98 Å². The van der Waals surface area contributed by atoms with Gasteiger partial charge in [0.15, 0.2) is 0 Å². The van der Waals surface area contributed by atoms with Crippen molar-refractivity contribution in [3.05, 3.63) is 36.7 Å². The molecule has 1 aliphatic rings. The molecule has 19 heavy (non-hydrogen) atoms. The zero-order valence-corrected chi connectivity index (χ0v) is 10.4. The molecule has 0 aliphatic carbocycles. The molecule has 3 rings (SSSR count). The summed E-state index contributed by atoms with van der Waals surface area (Å²) in [7, 11) is 0. The lowest BCUT2D eigenvalue weighted by Crippen LogP contribution is -2.37. The van der Waals surface area contributed by atoms with E-state index < -0.39 is 0 Å². The number of aromatic nitrogens is 1. The molecule has 1 aromatic carbocycles. The first kappa shape index (κ1) is 12.1. The van der Waals surface area contributed by atoms with Crippen molar-refractivity contribution >= 4 is 22.4 Å². The molecule has 1 amide bonds. The van der Waals surface area contributed by atoms with Crippen LogP contribution in [0.15, 0.2) is 36.7 Å². The summed E-state index contributed by atoms with van der Waals surface area (Å²) < 4.78 is 5.22. The highest BCUT2D eigenvalue weighted by molar-refractivity contribution is 6.02. The average Bonchev–Trinajstić information content (AvgIpc) is 2.85. The first-order valence-electron chi connectivity index (χ1n) is 6.22. The van der Waals surface area contributed by atoms with Crippen molar-refractivity contribution < 1.29 is 9.53 Å². The monoisotopic (exact) mass is 257 g/mol. The zero-order chi connectivity index (χ0) is 13.2. The maximum atomic E-state index is 12.2. The molecule has 98 valence electrons. The van der Waals surface area contributed by atoms with E-state index in [1.807, 2.05) is 24.3 Å². The van der Waals surface area contributed by atoms with Crippen molar-refractivity contribution in [2.45, 2.75) is 6.04 Å². The number of amides is 1. The highest BCUT2D eigenvalue weighted by Gasteiger charge is 2.31. The van der Waals surface area contributed by atoms with Gasteiger partial charge in [0.25, 0.3) is 0 Å². The van der Waals surface area contributed by atoms with Gasteiger partial charge in [-0.1, -0.05) is 12.1 Å². The zero-order valence-electron chi connectivity index (χ0n) is 10.4. The molecule has 0 bridgehead atoms. The number of rotatable bonds is 2. The van der Waals surface area contributed by atoms with E-state index in [4.69, 9.17) is 10.5 Å². The lowest BCUT2D eigenvalue weighted by molar-refractivity contribution is -0.120. The summed E-state index contributed by atoms with van der Waals surface area (Å²) in [5.41, 5.74) is 6.63. The van der Waals surface area contributed by atoms with E-state index >= 15 is 0 Å². The predicted molar refractivity (Wildman–Crippen MR) is 72.7 cm³/mol. The van der Waals surface area contributed by atoms with Crippen LogP contribution in [0.4, 0.5) is 5.69 Å². The largest absolute Gasteiger partial charge is 0.379 e. The van der Waals surface area contributed by atoms with E-state index in [1.54, 1.807) is 12.4 Å². The third kappa shape index (κ3) is 2.30. The van der Waals surface area contributed by atoms with Crippen molar-refractivity contribution in [1.29, 1.82) is 0 Å². The number of fused-ring (bicyclic) bond motifs is 1. The molecule has 2 unspecified atom stereocenters. The number of ether oxygens (including phenoxy) is 1. The van der Waals surface area contributed by atoms with E-state index in [9.17, 15) is 4.79 Å². The molecule has 5 nitrogen and oxygen atoms in total. The summed E-state index contributed by atoms with van der Waals surface area (Å²) in [6.45, 7) is 0.830. The van der Waals surface area contributed by atoms with Crippen LogP contribution in [0.25, 0.3) is 10.8 Å². The molecule has 5 heteroatoms. The number of nitrogens with one attached hydrogen (secondary N) is 1. The second kappa shape index (κ2) is 4.95. The number of benzene rings is 1. The van der Waals surface area contributed by atoms with Gasteiger partial charge in [-0.2, -0.15) is 0 Å².